The molecule has 8 heteroatoms. The molecule has 2 aromatic carbocycles. The number of nitrogens with one attached hydrogen (secondary N) is 1. The fraction of sp³-hybridized carbons (Fsp3) is 0.478. The molecule has 0 radical (unpaired) electrons. The first-order valence-electron chi connectivity index (χ1n) is 10.7. The summed E-state index contributed by atoms with van der Waals surface area (Å²) in [5.41, 5.74) is 10.0. The first kappa shape index (κ1) is 24.3. The highest BCUT2D eigenvalue weighted by molar-refractivity contribution is 7.89. The van der Waals surface area contributed by atoms with Gasteiger partial charge in [0.05, 0.1) is 15.8 Å². The summed E-state index contributed by atoms with van der Waals surface area (Å²) in [5, 5.41) is 1.09. The van der Waals surface area contributed by atoms with Gasteiger partial charge in [-0.25, -0.2) is 13.1 Å². The van der Waals surface area contributed by atoms with E-state index in [0.29, 0.717) is 16.5 Å². The van der Waals surface area contributed by atoms with Crippen molar-refractivity contribution >= 4 is 33.2 Å². The Bertz CT molecular complexity index is 998. The Labute approximate surface area is 195 Å². The van der Waals surface area contributed by atoms with Crippen LogP contribution < -0.4 is 15.2 Å². The monoisotopic (exact) mass is 484 g/mol. The maximum Gasteiger partial charge on any atom is 0.211 e. The van der Waals surface area contributed by atoms with E-state index in [0.717, 1.165) is 37.0 Å². The first-order chi connectivity index (χ1) is 14.8. The van der Waals surface area contributed by atoms with Gasteiger partial charge in [0.2, 0.25) is 10.0 Å². The van der Waals surface area contributed by atoms with E-state index in [4.69, 9.17) is 33.7 Å². The molecule has 2 atom stereocenters. The zero-order valence-corrected chi connectivity index (χ0v) is 20.1. The third-order valence-corrected chi connectivity index (χ3v) is 7.89. The summed E-state index contributed by atoms with van der Waals surface area (Å²) in [5.74, 6) is 1.02. The van der Waals surface area contributed by atoms with E-state index in [1.165, 1.54) is 11.1 Å². The van der Waals surface area contributed by atoms with Crippen LogP contribution in [0.2, 0.25) is 10.0 Å². The first-order valence-corrected chi connectivity index (χ1v) is 13.1. The number of halogens is 2. The van der Waals surface area contributed by atoms with Gasteiger partial charge in [-0.15, -0.1) is 0 Å². The Balaban J connectivity index is 1.66. The van der Waals surface area contributed by atoms with Crippen molar-refractivity contribution in [1.82, 2.24) is 4.72 Å². The maximum atomic E-state index is 11.9. The molecular formula is C23H30Cl2N2O3S. The maximum absolute atomic E-state index is 11.9. The van der Waals surface area contributed by atoms with Crippen molar-refractivity contribution in [3.63, 3.8) is 0 Å². The van der Waals surface area contributed by atoms with Gasteiger partial charge < -0.3 is 10.5 Å². The molecule has 0 fully saturated rings. The fourth-order valence-electron chi connectivity index (χ4n) is 3.94. The summed E-state index contributed by atoms with van der Waals surface area (Å²) in [6.45, 7) is 2.48. The molecule has 3 rings (SSSR count). The Morgan fingerprint density at radius 3 is 2.71 bits per heavy atom. The SMILES string of the molecule is CCCCS(=O)(=O)NCCOc1ccc2c(c1)C(Cc1ccc(Cl)c(Cl)c1)C(N)CC2. The van der Waals surface area contributed by atoms with E-state index in [2.05, 4.69) is 10.8 Å². The molecule has 3 N–H and O–H groups in total. The van der Waals surface area contributed by atoms with Gasteiger partial charge in [0, 0.05) is 18.5 Å². The number of hydrogen-bond donors (Lipinski definition) is 2. The van der Waals surface area contributed by atoms with Crippen LogP contribution in [-0.4, -0.2) is 33.4 Å². The molecule has 0 aromatic heterocycles. The molecule has 0 spiro atoms. The van der Waals surface area contributed by atoms with E-state index in [9.17, 15) is 8.42 Å². The molecule has 31 heavy (non-hydrogen) atoms. The van der Waals surface area contributed by atoms with Gasteiger partial charge in [-0.1, -0.05) is 48.7 Å². The number of unbranched alkanes of at least 4 members (excludes halogenated alkanes) is 1. The predicted molar refractivity (Wildman–Crippen MR) is 128 cm³/mol. The van der Waals surface area contributed by atoms with Crippen molar-refractivity contribution in [3.05, 3.63) is 63.1 Å². The van der Waals surface area contributed by atoms with Gasteiger partial charge in [0.15, 0.2) is 0 Å². The standard InChI is InChI=1S/C23H30Cl2N2O3S/c1-2-3-12-31(28,29)27-10-11-30-18-7-5-17-6-9-23(26)20(19(17)15-18)13-16-4-8-21(24)22(25)14-16/h4-5,7-8,14-15,20,23,27H,2-3,6,9-13,26H2,1H3. The Morgan fingerprint density at radius 2 is 1.97 bits per heavy atom. The highest BCUT2D eigenvalue weighted by Crippen LogP contribution is 2.36. The van der Waals surface area contributed by atoms with Crippen LogP contribution in [0.15, 0.2) is 36.4 Å². The highest BCUT2D eigenvalue weighted by atomic mass is 35.5. The molecule has 2 unspecified atom stereocenters. The second-order valence-electron chi connectivity index (χ2n) is 8.04. The van der Waals surface area contributed by atoms with Crippen molar-refractivity contribution in [1.29, 1.82) is 0 Å². The molecule has 0 heterocycles. The summed E-state index contributed by atoms with van der Waals surface area (Å²) in [4.78, 5) is 0. The number of fused-ring (bicyclic) bond motifs is 1. The second kappa shape index (κ2) is 11.0. The van der Waals surface area contributed by atoms with Crippen molar-refractivity contribution < 1.29 is 13.2 Å². The highest BCUT2D eigenvalue weighted by Gasteiger charge is 2.28. The normalized spacial score (nSPS) is 18.6. The summed E-state index contributed by atoms with van der Waals surface area (Å²) >= 11 is 12.2. The van der Waals surface area contributed by atoms with Crippen LogP contribution in [0, 0.1) is 0 Å². The number of hydrogen-bond acceptors (Lipinski definition) is 4. The molecule has 0 saturated heterocycles. The Hall–Kier alpha value is -1.31. The minimum atomic E-state index is -3.24. The van der Waals surface area contributed by atoms with Crippen LogP contribution in [0.3, 0.4) is 0 Å². The lowest BCUT2D eigenvalue weighted by Gasteiger charge is -2.32. The summed E-state index contributed by atoms with van der Waals surface area (Å²) in [6, 6.07) is 11.8. The average Bonchev–Trinajstić information content (AvgIpc) is 2.74. The summed E-state index contributed by atoms with van der Waals surface area (Å²) < 4.78 is 32.2. The van der Waals surface area contributed by atoms with Gasteiger partial charge in [0.25, 0.3) is 0 Å². The Morgan fingerprint density at radius 1 is 1.16 bits per heavy atom. The van der Waals surface area contributed by atoms with Crippen LogP contribution in [-0.2, 0) is 22.9 Å². The second-order valence-corrected chi connectivity index (χ2v) is 10.8. The van der Waals surface area contributed by atoms with Crippen molar-refractivity contribution in [2.45, 2.75) is 51.0 Å². The van der Waals surface area contributed by atoms with Gasteiger partial charge >= 0.3 is 0 Å². The van der Waals surface area contributed by atoms with Crippen molar-refractivity contribution in [2.24, 2.45) is 5.73 Å². The minimum absolute atomic E-state index is 0.0441. The van der Waals surface area contributed by atoms with E-state index >= 15 is 0 Å². The van der Waals surface area contributed by atoms with Crippen molar-refractivity contribution in [3.8, 4) is 5.75 Å². The van der Waals surface area contributed by atoms with E-state index in [1.807, 2.05) is 37.3 Å². The smallest absolute Gasteiger partial charge is 0.211 e. The van der Waals surface area contributed by atoms with E-state index in [-0.39, 0.29) is 30.9 Å². The number of nitrogens with two attached hydrogens (primary N) is 1. The largest absolute Gasteiger partial charge is 0.492 e. The van der Waals surface area contributed by atoms with Gasteiger partial charge in [-0.2, -0.15) is 0 Å². The molecule has 0 aliphatic heterocycles. The summed E-state index contributed by atoms with van der Waals surface area (Å²) in [7, 11) is -3.24. The zero-order valence-electron chi connectivity index (χ0n) is 17.7. The van der Waals surface area contributed by atoms with E-state index in [1.54, 1.807) is 0 Å². The van der Waals surface area contributed by atoms with Crippen molar-refractivity contribution in [2.75, 3.05) is 18.9 Å². The lowest BCUT2D eigenvalue weighted by molar-refractivity contribution is 0.321. The average molecular weight is 485 g/mol. The van der Waals surface area contributed by atoms with Crippen LogP contribution in [0.5, 0.6) is 5.75 Å². The lowest BCUT2D eigenvalue weighted by Crippen LogP contribution is -2.34. The van der Waals surface area contributed by atoms with E-state index < -0.39 is 10.0 Å². The number of rotatable bonds is 10. The molecule has 0 bridgehead atoms. The molecular weight excluding hydrogens is 455 g/mol. The third-order valence-electron chi connectivity index (χ3n) is 5.68. The lowest BCUT2D eigenvalue weighted by atomic mass is 9.76. The number of ether oxygens (including phenoxy) is 1. The minimum Gasteiger partial charge on any atom is -0.492 e. The predicted octanol–water partition coefficient (Wildman–Crippen LogP) is 4.69. The molecule has 0 saturated carbocycles. The molecule has 2 aromatic rings. The number of sulfonamides is 1. The molecule has 170 valence electrons. The van der Waals surface area contributed by atoms with Crippen LogP contribution in [0.4, 0.5) is 0 Å². The van der Waals surface area contributed by atoms with Crippen LogP contribution >= 0.6 is 23.2 Å². The fourth-order valence-corrected chi connectivity index (χ4v) is 5.47. The number of aryl methyl sites for hydroxylation is 1. The Kier molecular flexibility index (Phi) is 8.65. The van der Waals surface area contributed by atoms with Crippen LogP contribution in [0.25, 0.3) is 0 Å². The zero-order chi connectivity index (χ0) is 22.4. The molecule has 5 nitrogen and oxygen atoms in total. The van der Waals surface area contributed by atoms with Gasteiger partial charge in [-0.05, 0) is 66.6 Å². The third kappa shape index (κ3) is 6.83. The molecule has 0 amide bonds. The summed E-state index contributed by atoms with van der Waals surface area (Å²) in [6.07, 6.45) is 4.13. The van der Waals surface area contributed by atoms with Gasteiger partial charge in [0.1, 0.15) is 12.4 Å². The molecule has 1 aliphatic rings. The van der Waals surface area contributed by atoms with Gasteiger partial charge in [-0.3, -0.25) is 0 Å². The molecule has 1 aliphatic carbocycles. The van der Waals surface area contributed by atoms with Crippen LogP contribution in [0.1, 0.15) is 48.8 Å². The topological polar surface area (TPSA) is 81.4 Å². The number of benzene rings is 2. The quantitative estimate of drug-likeness (QED) is 0.479.